The molecule has 1 atom stereocenters. The Morgan fingerprint density at radius 3 is 2.63 bits per heavy atom. The van der Waals surface area contributed by atoms with Crippen LogP contribution in [0.1, 0.15) is 33.5 Å². The minimum absolute atomic E-state index is 0.266. The lowest BCUT2D eigenvalue weighted by Gasteiger charge is -2.14. The van der Waals surface area contributed by atoms with Crippen LogP contribution in [0.2, 0.25) is 0 Å². The van der Waals surface area contributed by atoms with Crippen LogP contribution in [0, 0.1) is 3.57 Å². The predicted molar refractivity (Wildman–Crippen MR) is 96.1 cm³/mol. The first kappa shape index (κ1) is 14.1. The van der Waals surface area contributed by atoms with Crippen LogP contribution in [0.3, 0.4) is 0 Å². The minimum Gasteiger partial charge on any atom is -0.0786 e. The highest BCUT2D eigenvalue weighted by atomic mass is 127. The standard InChI is InChI=1S/C16H13Br2I/c17-13-6-7-15(19)14(9-13)16(18)12-5-4-10-2-1-3-11(10)8-12/h4-9,16H,1-3H2. The van der Waals surface area contributed by atoms with Crippen LogP contribution in [0.5, 0.6) is 0 Å². The Labute approximate surface area is 144 Å². The molecule has 19 heavy (non-hydrogen) atoms. The molecule has 0 amide bonds. The second-order valence-electron chi connectivity index (χ2n) is 4.91. The molecule has 0 aromatic heterocycles. The van der Waals surface area contributed by atoms with Crippen LogP contribution in [-0.4, -0.2) is 0 Å². The number of alkyl halides is 1. The summed E-state index contributed by atoms with van der Waals surface area (Å²) in [7, 11) is 0. The van der Waals surface area contributed by atoms with Crippen molar-refractivity contribution in [3.8, 4) is 0 Å². The highest BCUT2D eigenvalue weighted by Crippen LogP contribution is 2.37. The maximum absolute atomic E-state index is 3.86. The van der Waals surface area contributed by atoms with Crippen LogP contribution in [0.4, 0.5) is 0 Å². The number of hydrogen-bond acceptors (Lipinski definition) is 0. The quantitative estimate of drug-likeness (QED) is 0.355. The molecule has 0 saturated carbocycles. The largest absolute Gasteiger partial charge is 0.0786 e. The van der Waals surface area contributed by atoms with E-state index in [9.17, 15) is 0 Å². The predicted octanol–water partition coefficient (Wildman–Crippen LogP) is 6.03. The molecule has 1 aliphatic rings. The van der Waals surface area contributed by atoms with Crippen molar-refractivity contribution < 1.29 is 0 Å². The van der Waals surface area contributed by atoms with Crippen LogP contribution < -0.4 is 0 Å². The van der Waals surface area contributed by atoms with Crippen LogP contribution in [0.15, 0.2) is 40.9 Å². The Balaban J connectivity index is 1.99. The molecule has 2 aromatic rings. The van der Waals surface area contributed by atoms with Gasteiger partial charge in [0.15, 0.2) is 0 Å². The summed E-state index contributed by atoms with van der Waals surface area (Å²) in [5.74, 6) is 0. The minimum atomic E-state index is 0.266. The molecule has 0 aliphatic heterocycles. The van der Waals surface area contributed by atoms with Crippen molar-refractivity contribution in [2.75, 3.05) is 0 Å². The van der Waals surface area contributed by atoms with Crippen molar-refractivity contribution >= 4 is 54.5 Å². The highest BCUT2D eigenvalue weighted by molar-refractivity contribution is 14.1. The molecule has 0 heterocycles. The Kier molecular flexibility index (Phi) is 4.34. The van der Waals surface area contributed by atoms with E-state index in [1.165, 1.54) is 45.1 Å². The molecule has 1 aliphatic carbocycles. The summed E-state index contributed by atoms with van der Waals surface area (Å²) < 4.78 is 2.43. The fraction of sp³-hybridized carbons (Fsp3) is 0.250. The van der Waals surface area contributed by atoms with E-state index in [1.807, 2.05) is 0 Å². The summed E-state index contributed by atoms with van der Waals surface area (Å²) in [5, 5.41) is 0. The van der Waals surface area contributed by atoms with Crippen LogP contribution in [-0.2, 0) is 12.8 Å². The molecule has 1 unspecified atom stereocenters. The van der Waals surface area contributed by atoms with Gasteiger partial charge in [-0.15, -0.1) is 0 Å². The van der Waals surface area contributed by atoms with Gasteiger partial charge in [0.1, 0.15) is 0 Å². The Bertz CT molecular complexity index is 622. The molecule has 0 nitrogen and oxygen atoms in total. The third-order valence-corrected chi connectivity index (χ3v) is 6.14. The Hall–Kier alpha value is 0.130. The molecule has 0 bridgehead atoms. The molecular formula is C16H13Br2I. The van der Waals surface area contributed by atoms with Gasteiger partial charge >= 0.3 is 0 Å². The first-order valence-electron chi connectivity index (χ1n) is 6.36. The summed E-state index contributed by atoms with van der Waals surface area (Å²) in [6.45, 7) is 0. The zero-order valence-electron chi connectivity index (χ0n) is 10.3. The molecular weight excluding hydrogens is 479 g/mol. The number of rotatable bonds is 2. The summed E-state index contributed by atoms with van der Waals surface area (Å²) >= 11 is 9.83. The molecule has 0 spiro atoms. The van der Waals surface area contributed by atoms with Crippen molar-refractivity contribution in [1.82, 2.24) is 0 Å². The highest BCUT2D eigenvalue weighted by Gasteiger charge is 2.17. The molecule has 0 radical (unpaired) electrons. The van der Waals surface area contributed by atoms with Crippen molar-refractivity contribution in [3.63, 3.8) is 0 Å². The van der Waals surface area contributed by atoms with E-state index in [4.69, 9.17) is 0 Å². The lowest BCUT2D eigenvalue weighted by Crippen LogP contribution is -1.97. The maximum atomic E-state index is 3.86. The molecule has 2 aromatic carbocycles. The monoisotopic (exact) mass is 490 g/mol. The molecule has 3 heteroatoms. The molecule has 0 fully saturated rings. The molecule has 0 N–H and O–H groups in total. The number of benzene rings is 2. The first-order chi connectivity index (χ1) is 9.15. The summed E-state index contributed by atoms with van der Waals surface area (Å²) in [5.41, 5.74) is 5.75. The van der Waals surface area contributed by atoms with Crippen molar-refractivity contribution in [2.45, 2.75) is 24.1 Å². The fourth-order valence-electron chi connectivity index (χ4n) is 2.64. The van der Waals surface area contributed by atoms with Gasteiger partial charge in [0.2, 0.25) is 0 Å². The maximum Gasteiger partial charge on any atom is 0.0655 e. The van der Waals surface area contributed by atoms with E-state index < -0.39 is 0 Å². The van der Waals surface area contributed by atoms with Gasteiger partial charge in [-0.25, -0.2) is 0 Å². The third-order valence-electron chi connectivity index (χ3n) is 3.65. The smallest absolute Gasteiger partial charge is 0.0655 e. The summed E-state index contributed by atoms with van der Waals surface area (Å²) in [4.78, 5) is 0.266. The number of aryl methyl sites for hydroxylation is 2. The molecule has 3 rings (SSSR count). The SMILES string of the molecule is Brc1ccc(I)c(C(Br)c2ccc3c(c2)CCC3)c1. The van der Waals surface area contributed by atoms with Crippen LogP contribution >= 0.6 is 54.5 Å². The van der Waals surface area contributed by atoms with Gasteiger partial charge in [-0.2, -0.15) is 0 Å². The normalized spacial score (nSPS) is 15.3. The Morgan fingerprint density at radius 2 is 1.79 bits per heavy atom. The summed E-state index contributed by atoms with van der Waals surface area (Å²) in [6.07, 6.45) is 3.79. The van der Waals surface area contributed by atoms with E-state index in [-0.39, 0.29) is 4.83 Å². The molecule has 0 saturated heterocycles. The van der Waals surface area contributed by atoms with Gasteiger partial charge in [0.05, 0.1) is 4.83 Å². The zero-order chi connectivity index (χ0) is 13.4. The van der Waals surface area contributed by atoms with Gasteiger partial charge in [-0.05, 0) is 82.3 Å². The van der Waals surface area contributed by atoms with Crippen molar-refractivity contribution in [1.29, 1.82) is 0 Å². The van der Waals surface area contributed by atoms with E-state index >= 15 is 0 Å². The van der Waals surface area contributed by atoms with Gasteiger partial charge in [0.25, 0.3) is 0 Å². The van der Waals surface area contributed by atoms with E-state index in [0.29, 0.717) is 0 Å². The number of hydrogen-bond donors (Lipinski definition) is 0. The van der Waals surface area contributed by atoms with Gasteiger partial charge < -0.3 is 0 Å². The zero-order valence-corrected chi connectivity index (χ0v) is 15.6. The second-order valence-corrected chi connectivity index (χ2v) is 7.90. The van der Waals surface area contributed by atoms with Gasteiger partial charge in [-0.3, -0.25) is 0 Å². The first-order valence-corrected chi connectivity index (χ1v) is 9.14. The van der Waals surface area contributed by atoms with E-state index in [0.717, 1.165) is 4.47 Å². The lowest BCUT2D eigenvalue weighted by molar-refractivity contribution is 0.911. The fourth-order valence-corrected chi connectivity index (χ4v) is 4.76. The lowest BCUT2D eigenvalue weighted by atomic mass is 10.0. The average Bonchev–Trinajstić information content (AvgIpc) is 2.88. The summed E-state index contributed by atoms with van der Waals surface area (Å²) in [6, 6.07) is 13.4. The Morgan fingerprint density at radius 1 is 1.00 bits per heavy atom. The van der Waals surface area contributed by atoms with Gasteiger partial charge in [-0.1, -0.05) is 50.1 Å². The second kappa shape index (κ2) is 5.86. The van der Waals surface area contributed by atoms with E-state index in [1.54, 1.807) is 0 Å². The topological polar surface area (TPSA) is 0 Å². The average molecular weight is 492 g/mol. The van der Waals surface area contributed by atoms with Crippen molar-refractivity contribution in [2.24, 2.45) is 0 Å². The van der Waals surface area contributed by atoms with Crippen molar-refractivity contribution in [3.05, 3.63) is 66.7 Å². The third kappa shape index (κ3) is 2.93. The van der Waals surface area contributed by atoms with Gasteiger partial charge in [0, 0.05) is 8.04 Å². The molecule has 98 valence electrons. The van der Waals surface area contributed by atoms with Crippen LogP contribution in [0.25, 0.3) is 0 Å². The number of halogens is 3. The van der Waals surface area contributed by atoms with E-state index in [2.05, 4.69) is 90.8 Å². The number of fused-ring (bicyclic) bond motifs is 1.